The fourth-order valence-corrected chi connectivity index (χ4v) is 2.69. The number of carbonyl (C=O) groups excluding carboxylic acids is 1. The fraction of sp³-hybridized carbons (Fsp3) is 0.214. The van der Waals surface area contributed by atoms with Gasteiger partial charge in [-0.2, -0.15) is 0 Å². The third-order valence-corrected chi connectivity index (χ3v) is 3.80. The van der Waals surface area contributed by atoms with Gasteiger partial charge in [0, 0.05) is 24.0 Å². The van der Waals surface area contributed by atoms with Gasteiger partial charge in [-0.25, -0.2) is 9.97 Å². The number of hydrogen-bond acceptors (Lipinski definition) is 4. The monoisotopic (exact) mass is 286 g/mol. The first-order valence-electron chi connectivity index (χ1n) is 6.34. The van der Waals surface area contributed by atoms with Crippen LogP contribution in [0.5, 0.6) is 0 Å². The van der Waals surface area contributed by atoms with Crippen molar-refractivity contribution in [2.45, 2.75) is 19.9 Å². The molecule has 1 amide bonds. The van der Waals surface area contributed by atoms with E-state index in [9.17, 15) is 4.79 Å². The second-order valence-corrected chi connectivity index (χ2v) is 5.74. The molecule has 6 heteroatoms. The number of aryl methyl sites for hydroxylation is 2. The van der Waals surface area contributed by atoms with Gasteiger partial charge in [0.15, 0.2) is 5.13 Å². The Morgan fingerprint density at radius 2 is 2.20 bits per heavy atom. The van der Waals surface area contributed by atoms with E-state index in [0.29, 0.717) is 18.1 Å². The van der Waals surface area contributed by atoms with Crippen molar-refractivity contribution in [3.05, 3.63) is 41.7 Å². The van der Waals surface area contributed by atoms with Gasteiger partial charge in [0.1, 0.15) is 0 Å². The third kappa shape index (κ3) is 2.70. The molecule has 20 heavy (non-hydrogen) atoms. The van der Waals surface area contributed by atoms with Crippen LogP contribution in [0, 0.1) is 6.92 Å². The molecular weight excluding hydrogens is 272 g/mol. The highest BCUT2D eigenvalue weighted by atomic mass is 32.1. The molecule has 2 aromatic heterocycles. The summed E-state index contributed by atoms with van der Waals surface area (Å²) < 4.78 is 1.99. The number of benzene rings is 1. The Morgan fingerprint density at radius 1 is 1.35 bits per heavy atom. The van der Waals surface area contributed by atoms with E-state index in [1.165, 1.54) is 11.3 Å². The number of amides is 1. The summed E-state index contributed by atoms with van der Waals surface area (Å²) >= 11 is 1.48. The van der Waals surface area contributed by atoms with Crippen LogP contribution in [0.2, 0.25) is 0 Å². The van der Waals surface area contributed by atoms with Crippen LogP contribution in [0.25, 0.3) is 11.0 Å². The predicted octanol–water partition coefficient (Wildman–Crippen LogP) is 2.83. The Balaban J connectivity index is 1.63. The van der Waals surface area contributed by atoms with E-state index in [-0.39, 0.29) is 5.91 Å². The number of thiazole rings is 1. The lowest BCUT2D eigenvalue weighted by Crippen LogP contribution is -2.14. The number of rotatable bonds is 4. The van der Waals surface area contributed by atoms with Crippen molar-refractivity contribution in [2.24, 2.45) is 0 Å². The number of fused-ring (bicyclic) bond motifs is 1. The van der Waals surface area contributed by atoms with Gasteiger partial charge in [-0.05, 0) is 19.1 Å². The zero-order valence-corrected chi connectivity index (χ0v) is 11.9. The van der Waals surface area contributed by atoms with Gasteiger partial charge in [0.25, 0.3) is 0 Å². The van der Waals surface area contributed by atoms with Gasteiger partial charge in [0.2, 0.25) is 5.91 Å². The average Bonchev–Trinajstić information content (AvgIpc) is 3.03. The number of nitrogens with one attached hydrogen (secondary N) is 1. The summed E-state index contributed by atoms with van der Waals surface area (Å²) in [6, 6.07) is 7.89. The van der Waals surface area contributed by atoms with Gasteiger partial charge >= 0.3 is 0 Å². The second-order valence-electron chi connectivity index (χ2n) is 4.50. The lowest BCUT2D eigenvalue weighted by atomic mass is 10.3. The molecule has 0 bridgehead atoms. The van der Waals surface area contributed by atoms with Crippen LogP contribution in [-0.4, -0.2) is 20.4 Å². The quantitative estimate of drug-likeness (QED) is 0.802. The van der Waals surface area contributed by atoms with Crippen molar-refractivity contribution in [1.82, 2.24) is 14.5 Å². The van der Waals surface area contributed by atoms with Gasteiger partial charge < -0.3 is 9.88 Å². The third-order valence-electron chi connectivity index (χ3n) is 2.97. The van der Waals surface area contributed by atoms with Crippen LogP contribution in [0.4, 0.5) is 5.13 Å². The topological polar surface area (TPSA) is 59.8 Å². The summed E-state index contributed by atoms with van der Waals surface area (Å²) in [5.74, 6) is -0.0304. The SMILES string of the molecule is Cc1cnc(NC(=O)CCn2cnc3ccccc32)s1. The summed E-state index contributed by atoms with van der Waals surface area (Å²) in [6.07, 6.45) is 3.92. The molecule has 5 nitrogen and oxygen atoms in total. The molecule has 0 radical (unpaired) electrons. The lowest BCUT2D eigenvalue weighted by molar-refractivity contribution is -0.116. The molecule has 0 aliphatic heterocycles. The number of imidazole rings is 1. The van der Waals surface area contributed by atoms with Crippen molar-refractivity contribution in [2.75, 3.05) is 5.32 Å². The van der Waals surface area contributed by atoms with Crippen molar-refractivity contribution in [3.63, 3.8) is 0 Å². The highest BCUT2D eigenvalue weighted by molar-refractivity contribution is 7.15. The van der Waals surface area contributed by atoms with Crippen LogP contribution in [0.15, 0.2) is 36.8 Å². The summed E-state index contributed by atoms with van der Waals surface area (Å²) in [6.45, 7) is 2.57. The standard InChI is InChI=1S/C14H14N4OS/c1-10-8-15-14(20-10)17-13(19)6-7-18-9-16-11-4-2-3-5-12(11)18/h2-5,8-9H,6-7H2,1H3,(H,15,17,19). The molecule has 0 saturated heterocycles. The minimum atomic E-state index is -0.0304. The molecule has 3 aromatic rings. The molecule has 0 aliphatic rings. The number of hydrogen-bond donors (Lipinski definition) is 1. The number of nitrogens with zero attached hydrogens (tertiary/aromatic N) is 3. The van der Waals surface area contributed by atoms with E-state index in [4.69, 9.17) is 0 Å². The molecule has 0 spiro atoms. The van der Waals surface area contributed by atoms with Gasteiger partial charge in [-0.15, -0.1) is 11.3 Å². The first kappa shape index (κ1) is 12.8. The maximum absolute atomic E-state index is 11.9. The molecule has 0 unspecified atom stereocenters. The Bertz CT molecular complexity index is 746. The summed E-state index contributed by atoms with van der Waals surface area (Å²) in [5.41, 5.74) is 1.99. The largest absolute Gasteiger partial charge is 0.330 e. The molecule has 2 heterocycles. The highest BCUT2D eigenvalue weighted by Crippen LogP contribution is 2.17. The molecule has 102 valence electrons. The molecule has 0 saturated carbocycles. The zero-order chi connectivity index (χ0) is 13.9. The first-order valence-corrected chi connectivity index (χ1v) is 7.16. The minimum Gasteiger partial charge on any atom is -0.330 e. The van der Waals surface area contributed by atoms with Crippen molar-refractivity contribution >= 4 is 33.4 Å². The summed E-state index contributed by atoms with van der Waals surface area (Å²) in [5, 5.41) is 3.46. The van der Waals surface area contributed by atoms with Crippen LogP contribution >= 0.6 is 11.3 Å². The van der Waals surface area contributed by atoms with E-state index in [0.717, 1.165) is 15.9 Å². The Hall–Kier alpha value is -2.21. The number of para-hydroxylation sites is 2. The second kappa shape index (κ2) is 5.42. The Kier molecular flexibility index (Phi) is 3.47. The van der Waals surface area contributed by atoms with E-state index < -0.39 is 0 Å². The van der Waals surface area contributed by atoms with E-state index in [1.54, 1.807) is 12.5 Å². The van der Waals surface area contributed by atoms with Crippen molar-refractivity contribution < 1.29 is 4.79 Å². The normalized spacial score (nSPS) is 10.8. The predicted molar refractivity (Wildman–Crippen MR) is 79.8 cm³/mol. The van der Waals surface area contributed by atoms with Crippen molar-refractivity contribution in [1.29, 1.82) is 0 Å². The van der Waals surface area contributed by atoms with Gasteiger partial charge in [-0.1, -0.05) is 12.1 Å². The van der Waals surface area contributed by atoms with Crippen LogP contribution in [0.3, 0.4) is 0 Å². The molecule has 0 atom stereocenters. The summed E-state index contributed by atoms with van der Waals surface area (Å²) in [7, 11) is 0. The molecule has 1 aromatic carbocycles. The van der Waals surface area contributed by atoms with Crippen LogP contribution in [0.1, 0.15) is 11.3 Å². The van der Waals surface area contributed by atoms with E-state index in [1.807, 2.05) is 35.8 Å². The number of anilines is 1. The Labute approximate surface area is 120 Å². The molecule has 3 rings (SSSR count). The Morgan fingerprint density at radius 3 is 3.00 bits per heavy atom. The van der Waals surface area contributed by atoms with Crippen molar-refractivity contribution in [3.8, 4) is 0 Å². The smallest absolute Gasteiger partial charge is 0.227 e. The van der Waals surface area contributed by atoms with E-state index in [2.05, 4.69) is 15.3 Å². The molecule has 1 N–H and O–H groups in total. The average molecular weight is 286 g/mol. The highest BCUT2D eigenvalue weighted by Gasteiger charge is 2.07. The maximum Gasteiger partial charge on any atom is 0.227 e. The fourth-order valence-electron chi connectivity index (χ4n) is 2.00. The van der Waals surface area contributed by atoms with Gasteiger partial charge in [0.05, 0.1) is 17.4 Å². The van der Waals surface area contributed by atoms with Crippen LogP contribution in [-0.2, 0) is 11.3 Å². The minimum absolute atomic E-state index is 0.0304. The number of carbonyl (C=O) groups is 1. The van der Waals surface area contributed by atoms with E-state index >= 15 is 0 Å². The molecular formula is C14H14N4OS. The van der Waals surface area contributed by atoms with Crippen LogP contribution < -0.4 is 5.32 Å². The first-order chi connectivity index (χ1) is 9.72. The molecule has 0 fully saturated rings. The number of aromatic nitrogens is 3. The maximum atomic E-state index is 11.9. The summed E-state index contributed by atoms with van der Waals surface area (Å²) in [4.78, 5) is 21.4. The molecule has 0 aliphatic carbocycles. The zero-order valence-electron chi connectivity index (χ0n) is 11.0. The van der Waals surface area contributed by atoms with Gasteiger partial charge in [-0.3, -0.25) is 4.79 Å². The lowest BCUT2D eigenvalue weighted by Gasteiger charge is -2.04.